The van der Waals surface area contributed by atoms with Crippen LogP contribution in [0.25, 0.3) is 0 Å². The molecule has 94 valence electrons. The fourth-order valence-corrected chi connectivity index (χ4v) is 1.54. The highest BCUT2D eigenvalue weighted by Gasteiger charge is 2.16. The van der Waals surface area contributed by atoms with Crippen molar-refractivity contribution in [1.29, 1.82) is 0 Å². The summed E-state index contributed by atoms with van der Waals surface area (Å²) in [4.78, 5) is 11.6. The first-order chi connectivity index (χ1) is 8.02. The zero-order valence-corrected chi connectivity index (χ0v) is 10.6. The summed E-state index contributed by atoms with van der Waals surface area (Å²) in [6.07, 6.45) is 0.339. The number of nitrogen functional groups attached to an aromatic ring is 1. The van der Waals surface area contributed by atoms with E-state index in [1.54, 1.807) is 24.3 Å². The Labute approximate surface area is 102 Å². The summed E-state index contributed by atoms with van der Waals surface area (Å²) >= 11 is 0. The first-order valence-electron chi connectivity index (χ1n) is 5.86. The van der Waals surface area contributed by atoms with Crippen LogP contribution in [0.15, 0.2) is 24.3 Å². The quantitative estimate of drug-likeness (QED) is 0.789. The number of anilines is 2. The second-order valence-corrected chi connectivity index (χ2v) is 4.34. The number of carbonyl (C=O) groups is 1. The molecule has 0 aliphatic heterocycles. The van der Waals surface area contributed by atoms with E-state index in [1.807, 2.05) is 20.8 Å². The van der Waals surface area contributed by atoms with Crippen LogP contribution in [0.3, 0.4) is 0 Å². The summed E-state index contributed by atoms with van der Waals surface area (Å²) < 4.78 is 5.31. The van der Waals surface area contributed by atoms with Crippen molar-refractivity contribution in [2.24, 2.45) is 5.92 Å². The van der Waals surface area contributed by atoms with Gasteiger partial charge in [0.05, 0.1) is 0 Å². The Balaban J connectivity index is 2.52. The molecule has 0 aliphatic carbocycles. The van der Waals surface area contributed by atoms with Crippen LogP contribution in [-0.4, -0.2) is 12.2 Å². The SMILES string of the molecule is CCC(OC(=O)Nc1ccc(N)cc1)C(C)C. The summed E-state index contributed by atoms with van der Waals surface area (Å²) in [5.74, 6) is 0.317. The zero-order valence-electron chi connectivity index (χ0n) is 10.6. The molecule has 0 radical (unpaired) electrons. The van der Waals surface area contributed by atoms with Gasteiger partial charge in [-0.05, 0) is 36.6 Å². The lowest BCUT2D eigenvalue weighted by Crippen LogP contribution is -2.26. The van der Waals surface area contributed by atoms with Gasteiger partial charge in [0.15, 0.2) is 0 Å². The van der Waals surface area contributed by atoms with E-state index in [-0.39, 0.29) is 6.10 Å². The maximum atomic E-state index is 11.6. The Morgan fingerprint density at radius 3 is 2.41 bits per heavy atom. The Morgan fingerprint density at radius 2 is 1.94 bits per heavy atom. The first-order valence-corrected chi connectivity index (χ1v) is 5.86. The monoisotopic (exact) mass is 236 g/mol. The molecule has 0 aliphatic rings. The molecule has 0 bridgehead atoms. The molecule has 1 aromatic rings. The molecule has 17 heavy (non-hydrogen) atoms. The van der Waals surface area contributed by atoms with E-state index in [9.17, 15) is 4.79 Å². The van der Waals surface area contributed by atoms with Crippen LogP contribution in [0.4, 0.5) is 16.2 Å². The molecule has 0 aromatic heterocycles. The number of benzene rings is 1. The van der Waals surface area contributed by atoms with E-state index in [0.717, 1.165) is 6.42 Å². The van der Waals surface area contributed by atoms with Crippen molar-refractivity contribution < 1.29 is 9.53 Å². The molecule has 4 heteroatoms. The summed E-state index contributed by atoms with van der Waals surface area (Å²) in [6.45, 7) is 6.07. The lowest BCUT2D eigenvalue weighted by molar-refractivity contribution is 0.0798. The van der Waals surface area contributed by atoms with Gasteiger partial charge in [0.2, 0.25) is 0 Å². The third-order valence-electron chi connectivity index (χ3n) is 2.56. The van der Waals surface area contributed by atoms with Gasteiger partial charge in [-0.3, -0.25) is 5.32 Å². The Bertz CT molecular complexity index is 360. The highest BCUT2D eigenvalue weighted by Crippen LogP contribution is 2.14. The number of ether oxygens (including phenoxy) is 1. The minimum Gasteiger partial charge on any atom is -0.446 e. The van der Waals surface area contributed by atoms with Crippen molar-refractivity contribution in [3.8, 4) is 0 Å². The molecule has 0 saturated carbocycles. The summed E-state index contributed by atoms with van der Waals surface area (Å²) in [6, 6.07) is 6.95. The van der Waals surface area contributed by atoms with E-state index in [1.165, 1.54) is 0 Å². The van der Waals surface area contributed by atoms with Crippen LogP contribution in [0.2, 0.25) is 0 Å². The van der Waals surface area contributed by atoms with Gasteiger partial charge in [0.25, 0.3) is 0 Å². The molecule has 0 spiro atoms. The third kappa shape index (κ3) is 4.34. The minimum atomic E-state index is -0.421. The maximum absolute atomic E-state index is 11.6. The summed E-state index contributed by atoms with van der Waals surface area (Å²) in [5, 5.41) is 2.67. The third-order valence-corrected chi connectivity index (χ3v) is 2.56. The number of hydrogen-bond acceptors (Lipinski definition) is 3. The Kier molecular flexibility index (Phi) is 4.82. The van der Waals surface area contributed by atoms with Crippen LogP contribution in [0.1, 0.15) is 27.2 Å². The first kappa shape index (κ1) is 13.4. The molecular weight excluding hydrogens is 216 g/mol. The number of nitrogens with one attached hydrogen (secondary N) is 1. The molecule has 1 unspecified atom stereocenters. The molecule has 0 heterocycles. The average molecular weight is 236 g/mol. The van der Waals surface area contributed by atoms with Gasteiger partial charge < -0.3 is 10.5 Å². The van der Waals surface area contributed by atoms with Crippen LogP contribution < -0.4 is 11.1 Å². The van der Waals surface area contributed by atoms with E-state index in [2.05, 4.69) is 5.32 Å². The standard InChI is InChI=1S/C13H20N2O2/c1-4-12(9(2)3)17-13(16)15-11-7-5-10(14)6-8-11/h5-9,12H,4,14H2,1-3H3,(H,15,16). The molecule has 0 saturated heterocycles. The van der Waals surface area contributed by atoms with Crippen molar-refractivity contribution in [2.75, 3.05) is 11.1 Å². The molecule has 1 amide bonds. The Morgan fingerprint density at radius 1 is 1.35 bits per heavy atom. The molecular formula is C13H20N2O2. The predicted octanol–water partition coefficient (Wildman–Crippen LogP) is 3.25. The van der Waals surface area contributed by atoms with Crippen LogP contribution in [0.5, 0.6) is 0 Å². The van der Waals surface area contributed by atoms with Gasteiger partial charge in [0.1, 0.15) is 6.10 Å². The number of nitrogens with two attached hydrogens (primary N) is 1. The normalized spacial score (nSPS) is 12.2. The summed E-state index contributed by atoms with van der Waals surface area (Å²) in [7, 11) is 0. The average Bonchev–Trinajstić information content (AvgIpc) is 2.28. The maximum Gasteiger partial charge on any atom is 0.411 e. The lowest BCUT2D eigenvalue weighted by Gasteiger charge is -2.19. The van der Waals surface area contributed by atoms with Gasteiger partial charge in [-0.2, -0.15) is 0 Å². The van der Waals surface area contributed by atoms with Gasteiger partial charge >= 0.3 is 6.09 Å². The smallest absolute Gasteiger partial charge is 0.411 e. The van der Waals surface area contributed by atoms with E-state index < -0.39 is 6.09 Å². The van der Waals surface area contributed by atoms with Gasteiger partial charge in [-0.25, -0.2) is 4.79 Å². The zero-order chi connectivity index (χ0) is 12.8. The van der Waals surface area contributed by atoms with Crippen LogP contribution in [-0.2, 0) is 4.74 Å². The van der Waals surface area contributed by atoms with E-state index >= 15 is 0 Å². The second-order valence-electron chi connectivity index (χ2n) is 4.34. The van der Waals surface area contributed by atoms with Gasteiger partial charge in [0, 0.05) is 11.4 Å². The van der Waals surface area contributed by atoms with Crippen molar-refractivity contribution in [2.45, 2.75) is 33.3 Å². The van der Waals surface area contributed by atoms with Gasteiger partial charge in [-0.1, -0.05) is 20.8 Å². The van der Waals surface area contributed by atoms with Gasteiger partial charge in [-0.15, -0.1) is 0 Å². The molecule has 4 nitrogen and oxygen atoms in total. The largest absolute Gasteiger partial charge is 0.446 e. The number of hydrogen-bond donors (Lipinski definition) is 2. The summed E-state index contributed by atoms with van der Waals surface area (Å²) in [5.41, 5.74) is 6.90. The van der Waals surface area contributed by atoms with Crippen molar-refractivity contribution in [1.82, 2.24) is 0 Å². The Hall–Kier alpha value is -1.71. The molecule has 0 fully saturated rings. The highest BCUT2D eigenvalue weighted by molar-refractivity contribution is 5.84. The van der Waals surface area contributed by atoms with Crippen molar-refractivity contribution in [3.05, 3.63) is 24.3 Å². The highest BCUT2D eigenvalue weighted by atomic mass is 16.6. The molecule has 1 atom stereocenters. The van der Waals surface area contributed by atoms with Crippen LogP contribution in [0, 0.1) is 5.92 Å². The molecule has 1 rings (SSSR count). The van der Waals surface area contributed by atoms with Crippen molar-refractivity contribution in [3.63, 3.8) is 0 Å². The number of rotatable bonds is 4. The predicted molar refractivity (Wildman–Crippen MR) is 69.9 cm³/mol. The van der Waals surface area contributed by atoms with E-state index in [0.29, 0.717) is 17.3 Å². The molecule has 3 N–H and O–H groups in total. The van der Waals surface area contributed by atoms with Crippen LogP contribution >= 0.6 is 0 Å². The second kappa shape index (κ2) is 6.13. The van der Waals surface area contributed by atoms with Crippen molar-refractivity contribution >= 4 is 17.5 Å². The van der Waals surface area contributed by atoms with E-state index in [4.69, 9.17) is 10.5 Å². The topological polar surface area (TPSA) is 64.3 Å². The number of carbonyl (C=O) groups excluding carboxylic acids is 1. The fraction of sp³-hybridized carbons (Fsp3) is 0.462. The molecule has 1 aromatic carbocycles. The minimum absolute atomic E-state index is 0.0521. The number of amides is 1. The lowest BCUT2D eigenvalue weighted by atomic mass is 10.1. The fourth-order valence-electron chi connectivity index (χ4n) is 1.54.